The molecular formula is C28H28ClN3O4. The third kappa shape index (κ3) is 5.23. The van der Waals surface area contributed by atoms with Crippen LogP contribution in [0.5, 0.6) is 0 Å². The Hall–Kier alpha value is -3.39. The molecule has 1 aliphatic heterocycles. The zero-order valence-corrected chi connectivity index (χ0v) is 20.9. The molecule has 0 saturated carbocycles. The summed E-state index contributed by atoms with van der Waals surface area (Å²) in [6.07, 6.45) is 0. The predicted octanol–water partition coefficient (Wildman–Crippen LogP) is 4.45. The molecule has 1 aromatic heterocycles. The van der Waals surface area contributed by atoms with Crippen molar-refractivity contribution in [1.82, 2.24) is 14.4 Å². The fraction of sp³-hybridized carbons (Fsp3) is 0.286. The van der Waals surface area contributed by atoms with Crippen molar-refractivity contribution in [2.24, 2.45) is 0 Å². The number of rotatable bonds is 7. The molecule has 2 heterocycles. The molecule has 0 bridgehead atoms. The number of carbonyl (C=O) groups is 1. The van der Waals surface area contributed by atoms with Gasteiger partial charge in [-0.3, -0.25) is 14.3 Å². The summed E-state index contributed by atoms with van der Waals surface area (Å²) in [5.41, 5.74) is 4.20. The van der Waals surface area contributed by atoms with Gasteiger partial charge in [-0.05, 0) is 34.9 Å². The summed E-state index contributed by atoms with van der Waals surface area (Å²) in [5, 5.41) is 0.474. The van der Waals surface area contributed by atoms with E-state index < -0.39 is 5.76 Å². The topological polar surface area (TPSA) is 67.9 Å². The lowest BCUT2D eigenvalue weighted by Crippen LogP contribution is -2.44. The van der Waals surface area contributed by atoms with Crippen LogP contribution < -0.4 is 5.76 Å². The largest absolute Gasteiger partial charge is 0.420 e. The maximum atomic E-state index is 13.5. The molecule has 4 aromatic rings. The van der Waals surface area contributed by atoms with Crippen LogP contribution in [0.15, 0.2) is 82.0 Å². The van der Waals surface area contributed by atoms with E-state index in [0.29, 0.717) is 35.9 Å². The highest BCUT2D eigenvalue weighted by Gasteiger charge is 2.26. The molecule has 1 atom stereocenters. The first-order valence-corrected chi connectivity index (χ1v) is 12.4. The van der Waals surface area contributed by atoms with Crippen molar-refractivity contribution in [1.29, 1.82) is 0 Å². The van der Waals surface area contributed by atoms with Gasteiger partial charge in [0.15, 0.2) is 5.58 Å². The van der Waals surface area contributed by atoms with Crippen LogP contribution in [0.3, 0.4) is 0 Å². The van der Waals surface area contributed by atoms with Crippen molar-refractivity contribution in [3.63, 3.8) is 0 Å². The number of oxazole rings is 1. The lowest BCUT2D eigenvalue weighted by Gasteiger charge is -2.35. The third-order valence-corrected chi connectivity index (χ3v) is 6.96. The van der Waals surface area contributed by atoms with E-state index in [0.717, 1.165) is 29.8 Å². The van der Waals surface area contributed by atoms with Crippen LogP contribution in [0.2, 0.25) is 5.02 Å². The molecule has 186 valence electrons. The smallest absolute Gasteiger partial charge is 0.408 e. The highest BCUT2D eigenvalue weighted by atomic mass is 35.5. The second kappa shape index (κ2) is 10.7. The molecule has 1 fully saturated rings. The fourth-order valence-corrected chi connectivity index (χ4v) is 4.78. The van der Waals surface area contributed by atoms with Gasteiger partial charge in [0.05, 0.1) is 24.8 Å². The number of morpholine rings is 1. The summed E-state index contributed by atoms with van der Waals surface area (Å²) < 4.78 is 12.2. The molecule has 0 radical (unpaired) electrons. The van der Waals surface area contributed by atoms with Crippen molar-refractivity contribution in [2.45, 2.75) is 12.6 Å². The molecule has 7 nitrogen and oxygen atoms in total. The number of aromatic nitrogens is 1. The van der Waals surface area contributed by atoms with Crippen LogP contribution in [-0.2, 0) is 16.1 Å². The van der Waals surface area contributed by atoms with Gasteiger partial charge in [0, 0.05) is 31.7 Å². The van der Waals surface area contributed by atoms with Gasteiger partial charge in [0.1, 0.15) is 6.54 Å². The minimum Gasteiger partial charge on any atom is -0.408 e. The lowest BCUT2D eigenvalue weighted by atomic mass is 9.99. The van der Waals surface area contributed by atoms with Crippen LogP contribution in [0.1, 0.15) is 11.6 Å². The molecule has 36 heavy (non-hydrogen) atoms. The number of fused-ring (bicyclic) bond motifs is 1. The van der Waals surface area contributed by atoms with E-state index in [1.165, 1.54) is 4.57 Å². The second-order valence-electron chi connectivity index (χ2n) is 8.99. The average molecular weight is 506 g/mol. The Kier molecular flexibility index (Phi) is 7.23. The van der Waals surface area contributed by atoms with E-state index in [9.17, 15) is 9.59 Å². The van der Waals surface area contributed by atoms with Gasteiger partial charge >= 0.3 is 5.76 Å². The van der Waals surface area contributed by atoms with E-state index in [4.69, 9.17) is 20.8 Å². The number of benzene rings is 3. The quantitative estimate of drug-likeness (QED) is 0.371. The Morgan fingerprint density at radius 2 is 1.69 bits per heavy atom. The van der Waals surface area contributed by atoms with E-state index in [-0.39, 0.29) is 18.5 Å². The van der Waals surface area contributed by atoms with E-state index in [1.54, 1.807) is 30.1 Å². The van der Waals surface area contributed by atoms with Gasteiger partial charge in [-0.2, -0.15) is 0 Å². The molecule has 3 aromatic carbocycles. The minimum atomic E-state index is -0.578. The molecule has 1 unspecified atom stereocenters. The summed E-state index contributed by atoms with van der Waals surface area (Å²) in [6.45, 7) is 3.51. The van der Waals surface area contributed by atoms with Crippen molar-refractivity contribution in [3.8, 4) is 11.1 Å². The zero-order valence-electron chi connectivity index (χ0n) is 20.1. The number of ether oxygens (including phenoxy) is 1. The summed E-state index contributed by atoms with van der Waals surface area (Å²) >= 11 is 6.13. The highest BCUT2D eigenvalue weighted by molar-refractivity contribution is 6.31. The first-order chi connectivity index (χ1) is 17.5. The normalized spacial score (nSPS) is 15.2. The highest BCUT2D eigenvalue weighted by Crippen LogP contribution is 2.26. The van der Waals surface area contributed by atoms with Crippen LogP contribution in [0.25, 0.3) is 22.2 Å². The lowest BCUT2D eigenvalue weighted by molar-refractivity contribution is -0.133. The molecule has 0 N–H and O–H groups in total. The van der Waals surface area contributed by atoms with E-state index in [1.807, 2.05) is 18.2 Å². The molecule has 1 aliphatic rings. The van der Waals surface area contributed by atoms with Gasteiger partial charge in [0.2, 0.25) is 5.91 Å². The monoisotopic (exact) mass is 505 g/mol. The molecule has 0 spiro atoms. The molecule has 0 aliphatic carbocycles. The maximum Gasteiger partial charge on any atom is 0.420 e. The Bertz CT molecular complexity index is 1390. The van der Waals surface area contributed by atoms with Crippen LogP contribution in [-0.4, -0.2) is 60.2 Å². The van der Waals surface area contributed by atoms with Crippen LogP contribution >= 0.6 is 11.6 Å². The van der Waals surface area contributed by atoms with Crippen molar-refractivity contribution in [2.75, 3.05) is 39.9 Å². The van der Waals surface area contributed by atoms with E-state index >= 15 is 0 Å². The third-order valence-electron chi connectivity index (χ3n) is 6.72. The van der Waals surface area contributed by atoms with Gasteiger partial charge in [-0.15, -0.1) is 0 Å². The average Bonchev–Trinajstić information content (AvgIpc) is 3.22. The zero-order chi connectivity index (χ0) is 25.1. The number of nitrogens with zero attached hydrogens (tertiary/aromatic N) is 3. The van der Waals surface area contributed by atoms with Gasteiger partial charge in [0.25, 0.3) is 0 Å². The first kappa shape index (κ1) is 24.3. The molecule has 1 amide bonds. The van der Waals surface area contributed by atoms with Crippen molar-refractivity contribution in [3.05, 3.63) is 93.9 Å². The number of hydrogen-bond acceptors (Lipinski definition) is 5. The van der Waals surface area contributed by atoms with Crippen molar-refractivity contribution >= 4 is 28.6 Å². The SMILES string of the molecule is CN(C(=O)Cn1c(=O)oc2ccc(Cl)cc21)C(CN1CCOCC1)c1ccc(-c2ccccc2)cc1. The summed E-state index contributed by atoms with van der Waals surface area (Å²) in [7, 11) is 1.79. The molecular weight excluding hydrogens is 478 g/mol. The van der Waals surface area contributed by atoms with Gasteiger partial charge in [-0.25, -0.2) is 4.79 Å². The summed E-state index contributed by atoms with van der Waals surface area (Å²) in [4.78, 5) is 30.0. The molecule has 1 saturated heterocycles. The van der Waals surface area contributed by atoms with E-state index in [2.05, 4.69) is 41.3 Å². The number of amides is 1. The number of hydrogen-bond donors (Lipinski definition) is 0. The van der Waals surface area contributed by atoms with Gasteiger partial charge in [-0.1, -0.05) is 66.2 Å². The Labute approximate surface area is 214 Å². The second-order valence-corrected chi connectivity index (χ2v) is 9.42. The standard InChI is InChI=1S/C28H28ClN3O4/c1-30(27(33)19-32-24-17-23(29)11-12-26(24)36-28(32)34)25(18-31-13-15-35-16-14-31)22-9-7-21(8-10-22)20-5-3-2-4-6-20/h2-12,17,25H,13-16,18-19H2,1H3. The Morgan fingerprint density at radius 1 is 1.00 bits per heavy atom. The van der Waals surface area contributed by atoms with Gasteiger partial charge < -0.3 is 14.1 Å². The Morgan fingerprint density at radius 3 is 2.42 bits per heavy atom. The molecule has 8 heteroatoms. The molecule has 5 rings (SSSR count). The Balaban J connectivity index is 1.42. The minimum absolute atomic E-state index is 0.135. The number of carbonyl (C=O) groups excluding carboxylic acids is 1. The number of halogens is 1. The summed E-state index contributed by atoms with van der Waals surface area (Å²) in [6, 6.07) is 23.3. The van der Waals surface area contributed by atoms with Crippen molar-refractivity contribution < 1.29 is 13.9 Å². The van der Waals surface area contributed by atoms with Crippen LogP contribution in [0.4, 0.5) is 0 Å². The predicted molar refractivity (Wildman–Crippen MR) is 140 cm³/mol. The number of likely N-dealkylation sites (N-methyl/N-ethyl adjacent to an activating group) is 1. The first-order valence-electron chi connectivity index (χ1n) is 12.0. The summed E-state index contributed by atoms with van der Waals surface area (Å²) in [5.74, 6) is -0.767. The van der Waals surface area contributed by atoms with Crippen LogP contribution in [0, 0.1) is 0 Å². The fourth-order valence-electron chi connectivity index (χ4n) is 4.61. The maximum absolute atomic E-state index is 13.5.